The maximum atomic E-state index is 12.0. The molecule has 7 heteroatoms. The van der Waals surface area contributed by atoms with E-state index in [4.69, 9.17) is 4.74 Å². The van der Waals surface area contributed by atoms with Gasteiger partial charge in [0.2, 0.25) is 5.91 Å². The lowest BCUT2D eigenvalue weighted by molar-refractivity contribution is -0.139. The number of carboxylic acid groups (broad SMARTS) is 1. The highest BCUT2D eigenvalue weighted by molar-refractivity contribution is 5.80. The second-order valence-corrected chi connectivity index (χ2v) is 10.7. The molecule has 36 heavy (non-hydrogen) atoms. The Kier molecular flexibility index (Phi) is 20.9. The van der Waals surface area contributed by atoms with Crippen molar-refractivity contribution in [3.8, 4) is 0 Å². The van der Waals surface area contributed by atoms with Crippen molar-refractivity contribution in [2.45, 2.75) is 148 Å². The Morgan fingerprint density at radius 3 is 1.92 bits per heavy atom. The molecule has 0 saturated heterocycles. The second kappa shape index (κ2) is 22.2. The number of allylic oxidation sites excluding steroid dienone is 2. The van der Waals surface area contributed by atoms with Gasteiger partial charge in [0, 0.05) is 13.0 Å². The van der Waals surface area contributed by atoms with Crippen LogP contribution in [0.1, 0.15) is 137 Å². The molecule has 0 aromatic carbocycles. The predicted octanol–water partition coefficient (Wildman–Crippen LogP) is 7.29. The van der Waals surface area contributed by atoms with Crippen LogP contribution in [0.4, 0.5) is 4.79 Å². The highest BCUT2D eigenvalue weighted by Crippen LogP contribution is 2.11. The van der Waals surface area contributed by atoms with Crippen molar-refractivity contribution in [1.82, 2.24) is 10.6 Å². The Balaban J connectivity index is 3.62. The van der Waals surface area contributed by atoms with Gasteiger partial charge in [-0.2, -0.15) is 0 Å². The van der Waals surface area contributed by atoms with Gasteiger partial charge in [-0.15, -0.1) is 0 Å². The Morgan fingerprint density at radius 1 is 0.806 bits per heavy atom. The van der Waals surface area contributed by atoms with Crippen LogP contribution in [0.2, 0.25) is 0 Å². The van der Waals surface area contributed by atoms with Gasteiger partial charge < -0.3 is 20.5 Å². The van der Waals surface area contributed by atoms with Gasteiger partial charge in [-0.25, -0.2) is 9.59 Å². The van der Waals surface area contributed by atoms with E-state index in [1.54, 1.807) is 20.8 Å². The quantitative estimate of drug-likeness (QED) is 0.105. The van der Waals surface area contributed by atoms with E-state index in [0.29, 0.717) is 32.2 Å². The van der Waals surface area contributed by atoms with Crippen molar-refractivity contribution in [3.05, 3.63) is 12.2 Å². The third kappa shape index (κ3) is 23.7. The van der Waals surface area contributed by atoms with Gasteiger partial charge in [0.25, 0.3) is 0 Å². The van der Waals surface area contributed by atoms with Crippen molar-refractivity contribution in [2.24, 2.45) is 0 Å². The molecule has 0 radical (unpaired) electrons. The van der Waals surface area contributed by atoms with Crippen LogP contribution in [0.15, 0.2) is 12.2 Å². The van der Waals surface area contributed by atoms with Crippen LogP contribution < -0.4 is 10.6 Å². The molecule has 0 heterocycles. The molecule has 0 aromatic rings. The van der Waals surface area contributed by atoms with E-state index in [1.807, 2.05) is 0 Å². The maximum Gasteiger partial charge on any atom is 0.408 e. The summed E-state index contributed by atoms with van der Waals surface area (Å²) in [5, 5.41) is 14.6. The summed E-state index contributed by atoms with van der Waals surface area (Å²) in [7, 11) is 0. The van der Waals surface area contributed by atoms with E-state index in [0.717, 1.165) is 19.3 Å². The van der Waals surface area contributed by atoms with E-state index >= 15 is 0 Å². The molecule has 0 rings (SSSR count). The topological polar surface area (TPSA) is 105 Å². The summed E-state index contributed by atoms with van der Waals surface area (Å²) in [5.74, 6) is -1.04. The van der Waals surface area contributed by atoms with Crippen LogP contribution in [-0.4, -0.2) is 41.3 Å². The molecule has 0 saturated carbocycles. The van der Waals surface area contributed by atoms with E-state index in [2.05, 4.69) is 29.7 Å². The normalized spacial score (nSPS) is 12.4. The number of aliphatic carboxylic acids is 1. The number of hydrogen-bond acceptors (Lipinski definition) is 4. The second-order valence-electron chi connectivity index (χ2n) is 10.7. The zero-order valence-corrected chi connectivity index (χ0v) is 23.5. The molecular formula is C29H54N2O5. The molecular weight excluding hydrogens is 456 g/mol. The monoisotopic (exact) mass is 510 g/mol. The Bertz CT molecular complexity index is 613. The van der Waals surface area contributed by atoms with Gasteiger partial charge in [-0.05, 0) is 72.1 Å². The Morgan fingerprint density at radius 2 is 1.36 bits per heavy atom. The molecule has 0 aliphatic rings. The summed E-state index contributed by atoms with van der Waals surface area (Å²) in [6, 6.07) is -0.994. The number of carboxylic acids is 1. The van der Waals surface area contributed by atoms with Crippen LogP contribution in [0.25, 0.3) is 0 Å². The molecule has 0 bridgehead atoms. The zero-order chi connectivity index (χ0) is 27.1. The first kappa shape index (κ1) is 34.0. The van der Waals surface area contributed by atoms with Gasteiger partial charge in [0.15, 0.2) is 0 Å². The maximum absolute atomic E-state index is 12.0. The van der Waals surface area contributed by atoms with E-state index in [1.165, 1.54) is 64.2 Å². The van der Waals surface area contributed by atoms with Crippen LogP contribution in [0.3, 0.4) is 0 Å². The van der Waals surface area contributed by atoms with Gasteiger partial charge >= 0.3 is 12.1 Å². The molecule has 7 nitrogen and oxygen atoms in total. The smallest absolute Gasteiger partial charge is 0.408 e. The van der Waals surface area contributed by atoms with Gasteiger partial charge in [-0.1, -0.05) is 70.4 Å². The lowest BCUT2D eigenvalue weighted by atomic mass is 10.1. The largest absolute Gasteiger partial charge is 0.480 e. The molecule has 210 valence electrons. The number of nitrogens with one attached hydrogen (secondary N) is 2. The van der Waals surface area contributed by atoms with E-state index < -0.39 is 23.7 Å². The van der Waals surface area contributed by atoms with Gasteiger partial charge in [-0.3, -0.25) is 4.79 Å². The van der Waals surface area contributed by atoms with Crippen molar-refractivity contribution < 1.29 is 24.2 Å². The van der Waals surface area contributed by atoms with Crippen molar-refractivity contribution >= 4 is 18.0 Å². The number of carbonyl (C=O) groups excluding carboxylic acids is 2. The minimum absolute atomic E-state index is 0.0503. The standard InChI is InChI=1S/C29H54N2O5/c1-5-6-7-8-9-10-11-12-13-14-15-16-17-18-19-23-26(32)30-24-21-20-22-25(27(33)34)31-28(35)36-29(2,3)4/h12-13,25H,5-11,14-24H2,1-4H3,(H,30,32)(H,31,35)(H,33,34)/b13-12-/t25-/m0/s1. The summed E-state index contributed by atoms with van der Waals surface area (Å²) in [6.45, 7) is 7.94. The minimum Gasteiger partial charge on any atom is -0.480 e. The number of rotatable bonds is 22. The SMILES string of the molecule is CCCCCCCC/C=C\CCCCCCCC(=O)NCCCC[C@H](NC(=O)OC(C)(C)C)C(=O)O. The molecule has 0 aromatic heterocycles. The average Bonchev–Trinajstić information content (AvgIpc) is 2.79. The first-order valence-electron chi connectivity index (χ1n) is 14.3. The zero-order valence-electron chi connectivity index (χ0n) is 23.5. The fourth-order valence-electron chi connectivity index (χ4n) is 3.85. The van der Waals surface area contributed by atoms with E-state index in [-0.39, 0.29) is 5.91 Å². The van der Waals surface area contributed by atoms with Crippen LogP contribution in [0.5, 0.6) is 0 Å². The molecule has 1 atom stereocenters. The summed E-state index contributed by atoms with van der Waals surface area (Å²) in [6.07, 6.45) is 22.1. The first-order valence-corrected chi connectivity index (χ1v) is 14.3. The van der Waals surface area contributed by atoms with Crippen molar-refractivity contribution in [3.63, 3.8) is 0 Å². The summed E-state index contributed by atoms with van der Waals surface area (Å²) < 4.78 is 5.11. The average molecular weight is 511 g/mol. The predicted molar refractivity (Wildman–Crippen MR) is 147 cm³/mol. The summed E-state index contributed by atoms with van der Waals surface area (Å²) in [4.78, 5) is 35.1. The number of hydrogen-bond donors (Lipinski definition) is 3. The third-order valence-electron chi connectivity index (χ3n) is 5.90. The molecule has 2 amide bonds. The van der Waals surface area contributed by atoms with Crippen molar-refractivity contribution in [2.75, 3.05) is 6.54 Å². The molecule has 0 aliphatic heterocycles. The fourth-order valence-corrected chi connectivity index (χ4v) is 3.85. The van der Waals surface area contributed by atoms with Crippen LogP contribution in [0, 0.1) is 0 Å². The Hall–Kier alpha value is -2.05. The lowest BCUT2D eigenvalue weighted by Crippen LogP contribution is -2.43. The van der Waals surface area contributed by atoms with Gasteiger partial charge in [0.05, 0.1) is 0 Å². The third-order valence-corrected chi connectivity index (χ3v) is 5.90. The van der Waals surface area contributed by atoms with Gasteiger partial charge in [0.1, 0.15) is 11.6 Å². The molecule has 0 aliphatic carbocycles. The minimum atomic E-state index is -1.09. The highest BCUT2D eigenvalue weighted by Gasteiger charge is 2.23. The number of alkyl carbamates (subject to hydrolysis) is 1. The van der Waals surface area contributed by atoms with Crippen molar-refractivity contribution in [1.29, 1.82) is 0 Å². The molecule has 0 spiro atoms. The first-order chi connectivity index (χ1) is 17.2. The molecule has 0 unspecified atom stereocenters. The number of unbranched alkanes of at least 4 members (excludes halogenated alkanes) is 12. The highest BCUT2D eigenvalue weighted by atomic mass is 16.6. The molecule has 3 N–H and O–H groups in total. The lowest BCUT2D eigenvalue weighted by Gasteiger charge is -2.22. The Labute approximate surface area is 220 Å². The summed E-state index contributed by atoms with van der Waals surface area (Å²) in [5.41, 5.74) is -0.679. The summed E-state index contributed by atoms with van der Waals surface area (Å²) >= 11 is 0. The fraction of sp³-hybridized carbons (Fsp3) is 0.828. The van der Waals surface area contributed by atoms with Crippen LogP contribution >= 0.6 is 0 Å². The number of ether oxygens (including phenoxy) is 1. The number of carbonyl (C=O) groups is 3. The van der Waals surface area contributed by atoms with Crippen LogP contribution in [-0.2, 0) is 14.3 Å². The molecule has 0 fully saturated rings. The number of amides is 2. The van der Waals surface area contributed by atoms with E-state index in [9.17, 15) is 19.5 Å².